The molecule has 1 aromatic rings. The molecule has 0 bridgehead atoms. The van der Waals surface area contributed by atoms with Gasteiger partial charge in [0.15, 0.2) is 0 Å². The lowest BCUT2D eigenvalue weighted by molar-refractivity contribution is -0.117. The Bertz CT molecular complexity index is 376. The Balaban J connectivity index is 2.37. The highest BCUT2D eigenvalue weighted by molar-refractivity contribution is 6.01. The molecule has 0 spiro atoms. The average Bonchev–Trinajstić information content (AvgIpc) is 2.43. The molecule has 4 heteroatoms. The number of aliphatic hydroxyl groups is 1. The van der Waals surface area contributed by atoms with Gasteiger partial charge in [-0.2, -0.15) is 0 Å². The summed E-state index contributed by atoms with van der Waals surface area (Å²) < 4.78 is 0. The molecule has 2 rings (SSSR count). The van der Waals surface area contributed by atoms with Crippen LogP contribution in [0.15, 0.2) is 18.2 Å². The van der Waals surface area contributed by atoms with Gasteiger partial charge in [-0.1, -0.05) is 0 Å². The summed E-state index contributed by atoms with van der Waals surface area (Å²) >= 11 is 0. The van der Waals surface area contributed by atoms with E-state index >= 15 is 0 Å². The van der Waals surface area contributed by atoms with E-state index in [-0.39, 0.29) is 18.3 Å². The number of fused-ring (bicyclic) bond motifs is 1. The fraction of sp³-hybridized carbons (Fsp3) is 0.300. The summed E-state index contributed by atoms with van der Waals surface area (Å²) in [5.41, 5.74) is 1.62. The maximum atomic E-state index is 11.5. The van der Waals surface area contributed by atoms with Gasteiger partial charge in [-0.15, -0.1) is 0 Å². The number of aromatic hydroxyl groups is 1. The van der Waals surface area contributed by atoms with Gasteiger partial charge in [-0.3, -0.25) is 4.79 Å². The predicted octanol–water partition coefficient (Wildman–Crippen LogP) is 0.274. The van der Waals surface area contributed by atoms with E-state index in [0.717, 1.165) is 11.3 Å². The van der Waals surface area contributed by atoms with E-state index < -0.39 is 0 Å². The number of carbonyl (C=O) groups excluding carboxylic acids is 1. The minimum atomic E-state index is -0.0495. The minimum Gasteiger partial charge on any atom is -0.508 e. The second kappa shape index (κ2) is 3.31. The van der Waals surface area contributed by atoms with E-state index in [1.807, 2.05) is 0 Å². The lowest BCUT2D eigenvalue weighted by atomic mass is 10.1. The summed E-state index contributed by atoms with van der Waals surface area (Å²) in [5.74, 6) is 0.141. The molecule has 0 saturated heterocycles. The van der Waals surface area contributed by atoms with Gasteiger partial charge >= 0.3 is 0 Å². The summed E-state index contributed by atoms with van der Waals surface area (Å²) in [4.78, 5) is 13.0. The Labute approximate surface area is 81.4 Å². The normalized spacial score (nSPS) is 14.6. The van der Waals surface area contributed by atoms with Crippen molar-refractivity contribution in [3.63, 3.8) is 0 Å². The van der Waals surface area contributed by atoms with Crippen LogP contribution in [0.1, 0.15) is 5.56 Å². The highest BCUT2D eigenvalue weighted by Crippen LogP contribution is 2.31. The molecule has 0 aliphatic carbocycles. The molecule has 4 nitrogen and oxygen atoms in total. The van der Waals surface area contributed by atoms with Gasteiger partial charge in [0, 0.05) is 12.2 Å². The fourth-order valence-corrected chi connectivity index (χ4v) is 1.71. The number of nitrogens with zero attached hydrogens (tertiary/aromatic N) is 1. The van der Waals surface area contributed by atoms with Gasteiger partial charge in [0.25, 0.3) is 0 Å². The SMILES string of the molecule is O=C1Cc2cc(O)ccc2N1CCO. The number of phenolic OH excluding ortho intramolecular Hbond substituents is 1. The van der Waals surface area contributed by atoms with Gasteiger partial charge in [-0.05, 0) is 23.8 Å². The smallest absolute Gasteiger partial charge is 0.231 e. The number of hydrogen-bond acceptors (Lipinski definition) is 3. The third-order valence-electron chi connectivity index (χ3n) is 2.32. The number of aliphatic hydroxyl groups excluding tert-OH is 1. The molecule has 1 aliphatic rings. The lowest BCUT2D eigenvalue weighted by Crippen LogP contribution is -2.29. The molecule has 0 saturated carbocycles. The van der Waals surface area contributed by atoms with Crippen molar-refractivity contribution in [2.45, 2.75) is 6.42 Å². The number of β-amino-alcohol motifs (C(OH)–C–C–N with tert-alkyl or cyclic N) is 1. The summed E-state index contributed by atoms with van der Waals surface area (Å²) in [6.07, 6.45) is 0.309. The lowest BCUT2D eigenvalue weighted by Gasteiger charge is -2.15. The molecule has 1 amide bonds. The fourth-order valence-electron chi connectivity index (χ4n) is 1.71. The van der Waals surface area contributed by atoms with Gasteiger partial charge in [0.1, 0.15) is 5.75 Å². The monoisotopic (exact) mass is 193 g/mol. The first-order valence-electron chi connectivity index (χ1n) is 4.45. The van der Waals surface area contributed by atoms with Gasteiger partial charge < -0.3 is 15.1 Å². The van der Waals surface area contributed by atoms with Crippen LogP contribution in [0.5, 0.6) is 5.75 Å². The summed E-state index contributed by atoms with van der Waals surface area (Å²) in [5, 5.41) is 18.0. The Morgan fingerprint density at radius 3 is 2.93 bits per heavy atom. The van der Waals surface area contributed by atoms with Crippen molar-refractivity contribution in [3.8, 4) is 5.75 Å². The highest BCUT2D eigenvalue weighted by Gasteiger charge is 2.26. The van der Waals surface area contributed by atoms with Gasteiger partial charge in [-0.25, -0.2) is 0 Å². The second-order valence-corrected chi connectivity index (χ2v) is 3.26. The highest BCUT2D eigenvalue weighted by atomic mass is 16.3. The molecule has 0 radical (unpaired) electrons. The molecule has 2 N–H and O–H groups in total. The van der Waals surface area contributed by atoms with Crippen LogP contribution in [-0.4, -0.2) is 29.3 Å². The average molecular weight is 193 g/mol. The molecular weight excluding hydrogens is 182 g/mol. The van der Waals surface area contributed by atoms with E-state index in [4.69, 9.17) is 5.11 Å². The minimum absolute atomic E-state index is 0.0281. The Kier molecular flexibility index (Phi) is 2.13. The summed E-state index contributed by atoms with van der Waals surface area (Å²) in [7, 11) is 0. The first-order chi connectivity index (χ1) is 6.72. The van der Waals surface area contributed by atoms with Crippen LogP contribution in [0.2, 0.25) is 0 Å². The van der Waals surface area contributed by atoms with E-state index in [2.05, 4.69) is 0 Å². The van der Waals surface area contributed by atoms with Crippen molar-refractivity contribution in [1.29, 1.82) is 0 Å². The van der Waals surface area contributed by atoms with Crippen molar-refractivity contribution in [3.05, 3.63) is 23.8 Å². The second-order valence-electron chi connectivity index (χ2n) is 3.26. The first kappa shape index (κ1) is 9.02. The van der Waals surface area contributed by atoms with Crippen molar-refractivity contribution in [1.82, 2.24) is 0 Å². The molecule has 1 aliphatic heterocycles. The summed E-state index contributed by atoms with van der Waals surface area (Å²) in [6, 6.07) is 4.83. The third-order valence-corrected chi connectivity index (χ3v) is 2.32. The van der Waals surface area contributed by atoms with E-state index in [1.165, 1.54) is 4.90 Å². The van der Waals surface area contributed by atoms with Crippen LogP contribution in [0.4, 0.5) is 5.69 Å². The zero-order chi connectivity index (χ0) is 10.1. The molecule has 0 aromatic heterocycles. The van der Waals surface area contributed by atoms with Crippen LogP contribution in [0.3, 0.4) is 0 Å². The van der Waals surface area contributed by atoms with E-state index in [0.29, 0.717) is 13.0 Å². The topological polar surface area (TPSA) is 60.8 Å². The number of amides is 1. The molecule has 0 atom stereocenters. The van der Waals surface area contributed by atoms with Crippen LogP contribution in [0.25, 0.3) is 0 Å². The van der Waals surface area contributed by atoms with Crippen LogP contribution in [0, 0.1) is 0 Å². The number of hydrogen-bond donors (Lipinski definition) is 2. The molecular formula is C10H11NO3. The van der Waals surface area contributed by atoms with Crippen LogP contribution >= 0.6 is 0 Å². The Morgan fingerprint density at radius 1 is 1.43 bits per heavy atom. The molecule has 14 heavy (non-hydrogen) atoms. The number of benzene rings is 1. The maximum Gasteiger partial charge on any atom is 0.231 e. The van der Waals surface area contributed by atoms with Gasteiger partial charge in [0.2, 0.25) is 5.91 Å². The van der Waals surface area contributed by atoms with Crippen molar-refractivity contribution < 1.29 is 15.0 Å². The number of rotatable bonds is 2. The molecule has 0 unspecified atom stereocenters. The van der Waals surface area contributed by atoms with Crippen LogP contribution in [-0.2, 0) is 11.2 Å². The van der Waals surface area contributed by atoms with Crippen molar-refractivity contribution in [2.24, 2.45) is 0 Å². The van der Waals surface area contributed by atoms with E-state index in [9.17, 15) is 9.90 Å². The zero-order valence-electron chi connectivity index (χ0n) is 7.60. The van der Waals surface area contributed by atoms with Crippen molar-refractivity contribution >= 4 is 11.6 Å². The Hall–Kier alpha value is -1.55. The quantitative estimate of drug-likeness (QED) is 0.709. The zero-order valence-corrected chi connectivity index (χ0v) is 7.60. The maximum absolute atomic E-state index is 11.5. The number of phenols is 1. The number of carbonyl (C=O) groups is 1. The molecule has 74 valence electrons. The molecule has 1 aromatic carbocycles. The third kappa shape index (κ3) is 1.33. The molecule has 1 heterocycles. The predicted molar refractivity (Wildman–Crippen MR) is 51.2 cm³/mol. The summed E-state index contributed by atoms with van der Waals surface area (Å²) in [6.45, 7) is 0.267. The van der Waals surface area contributed by atoms with Gasteiger partial charge in [0.05, 0.1) is 13.0 Å². The Morgan fingerprint density at radius 2 is 2.21 bits per heavy atom. The number of anilines is 1. The van der Waals surface area contributed by atoms with Crippen molar-refractivity contribution in [2.75, 3.05) is 18.1 Å². The standard InChI is InChI=1S/C10H11NO3/c12-4-3-11-9-2-1-8(13)5-7(9)6-10(11)14/h1-2,5,12-13H,3-4,6H2. The van der Waals surface area contributed by atoms with Crippen LogP contribution < -0.4 is 4.90 Å². The molecule has 0 fully saturated rings. The largest absolute Gasteiger partial charge is 0.508 e. The van der Waals surface area contributed by atoms with E-state index in [1.54, 1.807) is 18.2 Å². The first-order valence-corrected chi connectivity index (χ1v) is 4.45.